The quantitative estimate of drug-likeness (QED) is 0.338. The maximum absolute atomic E-state index is 2.39. The summed E-state index contributed by atoms with van der Waals surface area (Å²) in [6, 6.07) is 0. The van der Waals surface area contributed by atoms with Gasteiger partial charge >= 0.3 is 0 Å². The van der Waals surface area contributed by atoms with E-state index < -0.39 is 0 Å². The molecule has 0 spiro atoms. The third-order valence-electron chi connectivity index (χ3n) is 4.21. The fourth-order valence-corrected chi connectivity index (χ4v) is 2.05. The second-order valence-corrected chi connectivity index (χ2v) is 7.10. The van der Waals surface area contributed by atoms with Crippen molar-refractivity contribution in [2.75, 3.05) is 0 Å². The number of rotatable bonds is 8. The molecule has 0 aliphatic heterocycles. The Kier molecular flexibility index (Phi) is 9.63. The van der Waals surface area contributed by atoms with Gasteiger partial charge in [-0.25, -0.2) is 0 Å². The third-order valence-corrected chi connectivity index (χ3v) is 4.21. The van der Waals surface area contributed by atoms with Crippen molar-refractivity contribution in [2.45, 2.75) is 68.2 Å². The summed E-state index contributed by atoms with van der Waals surface area (Å²) in [4.78, 5) is 0. The molecule has 0 aliphatic rings. The summed E-state index contributed by atoms with van der Waals surface area (Å²) in [7, 11) is 0. The van der Waals surface area contributed by atoms with Crippen LogP contribution in [-0.2, 0) is 0 Å². The SMILES string of the molecule is CC(C)=C/C=C(\C)C(C)CCC(C)C(C)/C=C\C(C)C. The first-order chi connectivity index (χ1) is 9.23. The average Bonchev–Trinajstić information content (AvgIpc) is 2.38. The lowest BCUT2D eigenvalue weighted by Gasteiger charge is -2.20. The van der Waals surface area contributed by atoms with Gasteiger partial charge in [-0.15, -0.1) is 0 Å². The number of allylic oxidation sites excluding steroid dienone is 6. The van der Waals surface area contributed by atoms with E-state index in [-0.39, 0.29) is 0 Å². The molecule has 0 fully saturated rings. The Morgan fingerprint density at radius 1 is 0.800 bits per heavy atom. The van der Waals surface area contributed by atoms with Crippen LogP contribution in [0.25, 0.3) is 0 Å². The lowest BCUT2D eigenvalue weighted by Crippen LogP contribution is -2.08. The maximum atomic E-state index is 2.39. The zero-order valence-corrected chi connectivity index (χ0v) is 15.0. The number of hydrogen-bond donors (Lipinski definition) is 0. The molecule has 0 saturated carbocycles. The molecule has 0 heterocycles. The summed E-state index contributed by atoms with van der Waals surface area (Å²) in [5.41, 5.74) is 2.88. The molecule has 116 valence electrons. The summed E-state index contributed by atoms with van der Waals surface area (Å²) < 4.78 is 0. The first-order valence-electron chi connectivity index (χ1n) is 8.24. The van der Waals surface area contributed by atoms with E-state index in [1.807, 2.05) is 0 Å². The van der Waals surface area contributed by atoms with Gasteiger partial charge in [0.05, 0.1) is 0 Å². The summed E-state index contributed by atoms with van der Waals surface area (Å²) in [5.74, 6) is 2.81. The first-order valence-corrected chi connectivity index (χ1v) is 8.24. The summed E-state index contributed by atoms with van der Waals surface area (Å²) >= 11 is 0. The molecule has 20 heavy (non-hydrogen) atoms. The van der Waals surface area contributed by atoms with E-state index in [0.29, 0.717) is 17.8 Å². The molecule has 0 N–H and O–H groups in total. The van der Waals surface area contributed by atoms with Crippen molar-refractivity contribution in [1.82, 2.24) is 0 Å². The second kappa shape index (κ2) is 10.0. The average molecular weight is 277 g/mol. The van der Waals surface area contributed by atoms with Gasteiger partial charge in [0.2, 0.25) is 0 Å². The Labute approximate surface area is 128 Å². The van der Waals surface area contributed by atoms with Crippen LogP contribution in [0.1, 0.15) is 68.2 Å². The maximum Gasteiger partial charge on any atom is -0.0231 e. The van der Waals surface area contributed by atoms with E-state index >= 15 is 0 Å². The van der Waals surface area contributed by atoms with E-state index in [4.69, 9.17) is 0 Å². The van der Waals surface area contributed by atoms with Crippen molar-refractivity contribution >= 4 is 0 Å². The molecule has 3 unspecified atom stereocenters. The van der Waals surface area contributed by atoms with Crippen LogP contribution < -0.4 is 0 Å². The normalized spacial score (nSPS) is 17.4. The van der Waals surface area contributed by atoms with E-state index in [9.17, 15) is 0 Å². The van der Waals surface area contributed by atoms with Crippen molar-refractivity contribution < 1.29 is 0 Å². The minimum Gasteiger partial charge on any atom is -0.0857 e. The lowest BCUT2D eigenvalue weighted by molar-refractivity contribution is 0.389. The zero-order chi connectivity index (χ0) is 15.7. The summed E-state index contributed by atoms with van der Waals surface area (Å²) in [6.07, 6.45) is 11.8. The highest BCUT2D eigenvalue weighted by Crippen LogP contribution is 2.24. The summed E-state index contributed by atoms with van der Waals surface area (Å²) in [5, 5.41) is 0. The third kappa shape index (κ3) is 9.18. The molecule has 0 aliphatic carbocycles. The lowest BCUT2D eigenvalue weighted by atomic mass is 9.86. The highest BCUT2D eigenvalue weighted by atomic mass is 14.2. The molecule has 0 heteroatoms. The first kappa shape index (κ1) is 19.2. The van der Waals surface area contributed by atoms with Crippen molar-refractivity contribution in [1.29, 1.82) is 0 Å². The van der Waals surface area contributed by atoms with Crippen LogP contribution in [-0.4, -0.2) is 0 Å². The molecule has 0 aromatic heterocycles. The molecule has 0 radical (unpaired) electrons. The predicted molar refractivity (Wildman–Crippen MR) is 93.9 cm³/mol. The van der Waals surface area contributed by atoms with Crippen LogP contribution in [0.2, 0.25) is 0 Å². The minimum atomic E-state index is 0.665. The molecule has 0 aromatic rings. The van der Waals surface area contributed by atoms with Crippen molar-refractivity contribution in [3.8, 4) is 0 Å². The topological polar surface area (TPSA) is 0 Å². The van der Waals surface area contributed by atoms with Crippen LogP contribution in [0.15, 0.2) is 35.5 Å². The molecule has 0 nitrogen and oxygen atoms in total. The van der Waals surface area contributed by atoms with Gasteiger partial charge in [0.1, 0.15) is 0 Å². The van der Waals surface area contributed by atoms with Crippen LogP contribution >= 0.6 is 0 Å². The van der Waals surface area contributed by atoms with E-state index in [0.717, 1.165) is 5.92 Å². The van der Waals surface area contributed by atoms with Gasteiger partial charge in [-0.05, 0) is 57.3 Å². The smallest absolute Gasteiger partial charge is 0.0231 e. The molecule has 0 aromatic carbocycles. The van der Waals surface area contributed by atoms with E-state index in [1.54, 1.807) is 0 Å². The fourth-order valence-electron chi connectivity index (χ4n) is 2.05. The second-order valence-electron chi connectivity index (χ2n) is 7.10. The van der Waals surface area contributed by atoms with Gasteiger partial charge in [0, 0.05) is 0 Å². The predicted octanol–water partition coefficient (Wildman–Crippen LogP) is 6.80. The monoisotopic (exact) mass is 276 g/mol. The Bertz CT molecular complexity index is 337. The highest BCUT2D eigenvalue weighted by molar-refractivity contribution is 5.15. The van der Waals surface area contributed by atoms with E-state index in [1.165, 1.54) is 24.0 Å². The molecule has 0 bridgehead atoms. The van der Waals surface area contributed by atoms with E-state index in [2.05, 4.69) is 79.7 Å². The van der Waals surface area contributed by atoms with Crippen LogP contribution in [0, 0.1) is 23.7 Å². The molecular weight excluding hydrogens is 240 g/mol. The molecule has 3 atom stereocenters. The minimum absolute atomic E-state index is 0.665. The van der Waals surface area contributed by atoms with Crippen LogP contribution in [0.3, 0.4) is 0 Å². The Balaban J connectivity index is 4.27. The van der Waals surface area contributed by atoms with Crippen molar-refractivity contribution in [3.63, 3.8) is 0 Å². The van der Waals surface area contributed by atoms with Gasteiger partial charge in [0.25, 0.3) is 0 Å². The molecular formula is C20H36. The Morgan fingerprint density at radius 3 is 1.90 bits per heavy atom. The van der Waals surface area contributed by atoms with Crippen molar-refractivity contribution in [3.05, 3.63) is 35.5 Å². The van der Waals surface area contributed by atoms with Crippen LogP contribution in [0.4, 0.5) is 0 Å². The summed E-state index contributed by atoms with van der Waals surface area (Å²) in [6.45, 7) is 18.1. The van der Waals surface area contributed by atoms with Gasteiger partial charge in [-0.1, -0.05) is 70.1 Å². The van der Waals surface area contributed by atoms with Gasteiger partial charge in [-0.3, -0.25) is 0 Å². The van der Waals surface area contributed by atoms with Gasteiger partial charge < -0.3 is 0 Å². The largest absolute Gasteiger partial charge is 0.0857 e. The van der Waals surface area contributed by atoms with Crippen molar-refractivity contribution in [2.24, 2.45) is 23.7 Å². The molecule has 0 amide bonds. The Hall–Kier alpha value is -0.780. The number of hydrogen-bond acceptors (Lipinski definition) is 0. The zero-order valence-electron chi connectivity index (χ0n) is 15.0. The standard InChI is InChI=1S/C20H36/c1-15(2)9-11-17(5)19(7)13-14-20(8)18(6)12-10-16(3)4/h9-12,15,17,19-20H,13-14H2,1-8H3/b11-9-,18-12+. The fraction of sp³-hybridized carbons (Fsp3) is 0.700. The highest BCUT2D eigenvalue weighted by Gasteiger charge is 2.12. The van der Waals surface area contributed by atoms with Gasteiger partial charge in [-0.2, -0.15) is 0 Å². The Morgan fingerprint density at radius 2 is 1.40 bits per heavy atom. The molecule has 0 rings (SSSR count). The van der Waals surface area contributed by atoms with Gasteiger partial charge in [0.15, 0.2) is 0 Å². The molecule has 0 saturated heterocycles. The van der Waals surface area contributed by atoms with Crippen LogP contribution in [0.5, 0.6) is 0 Å².